The first-order chi connectivity index (χ1) is 11.6. The van der Waals surface area contributed by atoms with Crippen molar-refractivity contribution in [2.75, 3.05) is 6.54 Å². The molecule has 0 aromatic rings. The third kappa shape index (κ3) is 4.26. The van der Waals surface area contributed by atoms with Gasteiger partial charge in [-0.2, -0.15) is 0 Å². The molecular weight excluding hydrogens is 318 g/mol. The predicted octanol–water partition coefficient (Wildman–Crippen LogP) is 6.38. The second kappa shape index (κ2) is 6.53. The van der Waals surface area contributed by atoms with E-state index in [1.165, 1.54) is 6.42 Å². The van der Waals surface area contributed by atoms with E-state index < -0.39 is 0 Å². The summed E-state index contributed by atoms with van der Waals surface area (Å²) in [5.41, 5.74) is 2.18. The number of carbonyl (C=O) groups excluding carboxylic acids is 1. The molecule has 1 atom stereocenters. The minimum atomic E-state index is -0.0650. The van der Waals surface area contributed by atoms with Crippen LogP contribution < -0.4 is 0 Å². The Labute approximate surface area is 162 Å². The number of nitrogens with zero attached hydrogens (tertiary/aromatic N) is 1. The molecule has 0 radical (unpaired) electrons. The number of Topliss-reactive ketones (excluding diaryl/α,β-unsaturated/α-hetero) is 1. The van der Waals surface area contributed by atoms with Crippen molar-refractivity contribution < 1.29 is 4.79 Å². The zero-order chi connectivity index (χ0) is 20.1. The molecule has 1 heterocycles. The molecule has 0 aromatic carbocycles. The van der Waals surface area contributed by atoms with Gasteiger partial charge in [-0.15, -0.1) is 0 Å². The summed E-state index contributed by atoms with van der Waals surface area (Å²) in [6.07, 6.45) is 7.77. The quantitative estimate of drug-likeness (QED) is 0.570. The van der Waals surface area contributed by atoms with Crippen LogP contribution in [0.1, 0.15) is 88.5 Å². The van der Waals surface area contributed by atoms with Crippen molar-refractivity contribution in [3.8, 4) is 0 Å². The second-order valence-electron chi connectivity index (χ2n) is 11.8. The Morgan fingerprint density at radius 3 is 2.00 bits per heavy atom. The first-order valence-corrected chi connectivity index (χ1v) is 10.3. The molecule has 1 aliphatic carbocycles. The number of allylic oxidation sites excluding steroid dienone is 3. The lowest BCUT2D eigenvalue weighted by molar-refractivity contribution is -0.114. The van der Waals surface area contributed by atoms with Crippen LogP contribution in [0.25, 0.3) is 0 Å². The molecule has 0 fully saturated rings. The van der Waals surface area contributed by atoms with Crippen LogP contribution in [0.2, 0.25) is 0 Å². The average Bonchev–Trinajstić information content (AvgIpc) is 2.43. The average molecular weight is 360 g/mol. The van der Waals surface area contributed by atoms with Gasteiger partial charge >= 0.3 is 0 Å². The summed E-state index contributed by atoms with van der Waals surface area (Å²) in [5, 5.41) is 0. The Morgan fingerprint density at radius 2 is 1.50 bits per heavy atom. The molecule has 0 saturated heterocycles. The molecule has 148 valence electrons. The van der Waals surface area contributed by atoms with Crippen molar-refractivity contribution in [2.24, 2.45) is 22.2 Å². The standard InChI is InChI=1S/C24H41NO/c1-21(2,3)17-11-12-23(7,8)18(15-17)20(26)19-16-25(22(4,5)6)14-13-24(19,9)10/h15-17H,11-14H2,1-10H3. The minimum Gasteiger partial charge on any atom is -0.372 e. The van der Waals surface area contributed by atoms with Crippen molar-refractivity contribution in [1.82, 2.24) is 4.90 Å². The molecule has 0 bridgehead atoms. The molecule has 0 amide bonds. The zero-order valence-corrected chi connectivity index (χ0v) is 18.9. The van der Waals surface area contributed by atoms with Crippen LogP contribution in [0, 0.1) is 22.2 Å². The highest BCUT2D eigenvalue weighted by molar-refractivity contribution is 6.10. The molecule has 2 aliphatic rings. The Balaban J connectivity index is 2.49. The molecule has 0 saturated carbocycles. The maximum Gasteiger partial charge on any atom is 0.187 e. The van der Waals surface area contributed by atoms with Crippen LogP contribution in [0.15, 0.2) is 23.4 Å². The molecule has 0 aromatic heterocycles. The lowest BCUT2D eigenvalue weighted by Gasteiger charge is -2.45. The molecule has 1 unspecified atom stereocenters. The van der Waals surface area contributed by atoms with Gasteiger partial charge in [0.05, 0.1) is 0 Å². The predicted molar refractivity (Wildman–Crippen MR) is 112 cm³/mol. The van der Waals surface area contributed by atoms with E-state index in [9.17, 15) is 4.79 Å². The number of rotatable bonds is 2. The Hall–Kier alpha value is -1.05. The van der Waals surface area contributed by atoms with Crippen molar-refractivity contribution in [2.45, 2.75) is 94.0 Å². The van der Waals surface area contributed by atoms with Crippen LogP contribution in [0.3, 0.4) is 0 Å². The van der Waals surface area contributed by atoms with Crippen LogP contribution >= 0.6 is 0 Å². The van der Waals surface area contributed by atoms with Gasteiger partial charge in [-0.3, -0.25) is 4.79 Å². The monoisotopic (exact) mass is 359 g/mol. The lowest BCUT2D eigenvalue weighted by Crippen LogP contribution is -2.45. The van der Waals surface area contributed by atoms with Crippen molar-refractivity contribution in [3.63, 3.8) is 0 Å². The van der Waals surface area contributed by atoms with Crippen molar-refractivity contribution >= 4 is 5.78 Å². The van der Waals surface area contributed by atoms with E-state index in [1.54, 1.807) is 0 Å². The van der Waals surface area contributed by atoms with Gasteiger partial charge in [0.15, 0.2) is 5.78 Å². The fourth-order valence-corrected chi connectivity index (χ4v) is 4.20. The smallest absolute Gasteiger partial charge is 0.187 e. The van der Waals surface area contributed by atoms with E-state index in [-0.39, 0.29) is 27.6 Å². The Bertz CT molecular complexity index is 566. The van der Waals surface area contributed by atoms with Gasteiger partial charge in [0, 0.05) is 29.4 Å². The molecule has 26 heavy (non-hydrogen) atoms. The SMILES string of the molecule is CC1(C)CCC(C(C)(C)C)C=C1C(=O)C1=CN(C(C)(C)C)CCC1(C)C. The van der Waals surface area contributed by atoms with Gasteiger partial charge in [-0.05, 0) is 62.2 Å². The maximum atomic E-state index is 13.8. The van der Waals surface area contributed by atoms with Crippen molar-refractivity contribution in [1.29, 1.82) is 0 Å². The maximum absolute atomic E-state index is 13.8. The summed E-state index contributed by atoms with van der Waals surface area (Å²) >= 11 is 0. The minimum absolute atomic E-state index is 0.0419. The summed E-state index contributed by atoms with van der Waals surface area (Å²) in [5.74, 6) is 0.753. The molecule has 2 nitrogen and oxygen atoms in total. The molecule has 0 N–H and O–H groups in total. The highest BCUT2D eigenvalue weighted by atomic mass is 16.1. The van der Waals surface area contributed by atoms with E-state index in [2.05, 4.69) is 86.4 Å². The molecule has 2 heteroatoms. The molecule has 2 rings (SSSR count). The summed E-state index contributed by atoms with van der Waals surface area (Å²) < 4.78 is 0. The van der Waals surface area contributed by atoms with Gasteiger partial charge in [-0.25, -0.2) is 0 Å². The Kier molecular flexibility index (Phi) is 5.34. The third-order valence-corrected chi connectivity index (χ3v) is 6.63. The third-order valence-electron chi connectivity index (χ3n) is 6.63. The normalized spacial score (nSPS) is 26.2. The zero-order valence-electron chi connectivity index (χ0n) is 18.9. The first-order valence-electron chi connectivity index (χ1n) is 10.3. The number of hydrogen-bond acceptors (Lipinski definition) is 2. The van der Waals surface area contributed by atoms with E-state index in [1.807, 2.05) is 0 Å². The van der Waals surface area contributed by atoms with Crippen molar-refractivity contribution in [3.05, 3.63) is 23.4 Å². The van der Waals surface area contributed by atoms with Crippen LogP contribution in [0.5, 0.6) is 0 Å². The first kappa shape index (κ1) is 21.3. The fourth-order valence-electron chi connectivity index (χ4n) is 4.20. The van der Waals surface area contributed by atoms with E-state index >= 15 is 0 Å². The number of ketones is 1. The second-order valence-corrected chi connectivity index (χ2v) is 11.8. The summed E-state index contributed by atoms with van der Waals surface area (Å²) in [6, 6.07) is 0. The summed E-state index contributed by atoms with van der Waals surface area (Å²) in [4.78, 5) is 16.1. The van der Waals surface area contributed by atoms with Gasteiger partial charge in [0.25, 0.3) is 0 Å². The van der Waals surface area contributed by atoms with Gasteiger partial charge < -0.3 is 4.90 Å². The van der Waals surface area contributed by atoms with E-state index in [0.29, 0.717) is 5.92 Å². The van der Waals surface area contributed by atoms with E-state index in [4.69, 9.17) is 0 Å². The van der Waals surface area contributed by atoms with Gasteiger partial charge in [0.1, 0.15) is 0 Å². The van der Waals surface area contributed by atoms with E-state index in [0.717, 1.165) is 30.5 Å². The highest BCUT2D eigenvalue weighted by Gasteiger charge is 2.42. The number of carbonyl (C=O) groups is 1. The van der Waals surface area contributed by atoms with Crippen LogP contribution in [-0.2, 0) is 4.79 Å². The topological polar surface area (TPSA) is 20.3 Å². The molecular formula is C24H41NO. The fraction of sp³-hybridized carbons (Fsp3) is 0.792. The van der Waals surface area contributed by atoms with Crippen LogP contribution in [-0.4, -0.2) is 22.8 Å². The number of hydrogen-bond donors (Lipinski definition) is 0. The van der Waals surface area contributed by atoms with Gasteiger partial charge in [0.2, 0.25) is 0 Å². The lowest BCUT2D eigenvalue weighted by atomic mass is 9.63. The Morgan fingerprint density at radius 1 is 0.962 bits per heavy atom. The molecule has 0 spiro atoms. The summed E-state index contributed by atoms with van der Waals surface area (Å²) in [7, 11) is 0. The largest absolute Gasteiger partial charge is 0.372 e. The van der Waals surface area contributed by atoms with Crippen LogP contribution in [0.4, 0.5) is 0 Å². The molecule has 1 aliphatic heterocycles. The summed E-state index contributed by atoms with van der Waals surface area (Å²) in [6.45, 7) is 23.5. The van der Waals surface area contributed by atoms with Gasteiger partial charge in [-0.1, -0.05) is 54.5 Å². The highest BCUT2D eigenvalue weighted by Crippen LogP contribution is 2.47.